The Balaban J connectivity index is 1.60. The fraction of sp³-hybridized carbons (Fsp3) is 0.550. The van der Waals surface area contributed by atoms with Crippen molar-refractivity contribution in [2.24, 2.45) is 0 Å². The number of urea groups is 1. The van der Waals surface area contributed by atoms with E-state index >= 15 is 0 Å². The summed E-state index contributed by atoms with van der Waals surface area (Å²) in [6, 6.07) is 3.53. The summed E-state index contributed by atoms with van der Waals surface area (Å²) in [5.74, 6) is -1.59. The number of aryl methyl sites for hydroxylation is 1. The first-order valence-corrected chi connectivity index (χ1v) is 11.6. The van der Waals surface area contributed by atoms with Gasteiger partial charge in [0.25, 0.3) is 5.91 Å². The van der Waals surface area contributed by atoms with Crippen molar-refractivity contribution in [3.05, 3.63) is 29.3 Å². The summed E-state index contributed by atoms with van der Waals surface area (Å²) >= 11 is 0. The molecule has 3 N–H and O–H groups in total. The van der Waals surface area contributed by atoms with Crippen LogP contribution in [0.3, 0.4) is 0 Å². The highest BCUT2D eigenvalue weighted by molar-refractivity contribution is 7.89. The predicted octanol–water partition coefficient (Wildman–Crippen LogP) is 1.75. The molecule has 9 nitrogen and oxygen atoms in total. The van der Waals surface area contributed by atoms with Crippen LogP contribution in [0, 0.1) is 6.92 Å². The number of amides is 3. The van der Waals surface area contributed by atoms with Crippen molar-refractivity contribution in [1.29, 1.82) is 0 Å². The summed E-state index contributed by atoms with van der Waals surface area (Å²) in [5.41, 5.74) is 0.556. The first-order valence-electron chi connectivity index (χ1n) is 10.1. The van der Waals surface area contributed by atoms with E-state index in [0.717, 1.165) is 38.5 Å². The maximum absolute atomic E-state index is 12.5. The van der Waals surface area contributed by atoms with E-state index in [0.29, 0.717) is 5.56 Å². The summed E-state index contributed by atoms with van der Waals surface area (Å²) in [5, 5.41) is 4.89. The maximum atomic E-state index is 12.5. The average molecular weight is 438 g/mol. The van der Waals surface area contributed by atoms with Gasteiger partial charge >= 0.3 is 12.0 Å². The number of ether oxygens (including phenoxy) is 1. The number of hydrogen-bond donors (Lipinski definition) is 3. The number of rotatable bonds is 7. The molecule has 0 aromatic heterocycles. The molecule has 0 heterocycles. The van der Waals surface area contributed by atoms with Crippen molar-refractivity contribution in [2.45, 2.75) is 75.5 Å². The van der Waals surface area contributed by atoms with Gasteiger partial charge in [0.05, 0.1) is 10.5 Å². The Morgan fingerprint density at radius 1 is 1.07 bits per heavy atom. The molecule has 3 rings (SSSR count). The Hall–Kier alpha value is -2.46. The molecule has 0 radical (unpaired) electrons. The van der Waals surface area contributed by atoms with E-state index in [1.54, 1.807) is 6.92 Å². The normalized spacial score (nSPS) is 17.9. The number of carbonyl (C=O) groups excluding carboxylic acids is 3. The zero-order valence-corrected chi connectivity index (χ0v) is 17.9. The van der Waals surface area contributed by atoms with Crippen LogP contribution in [0.25, 0.3) is 0 Å². The number of hydrogen-bond acceptors (Lipinski definition) is 6. The monoisotopic (exact) mass is 437 g/mol. The lowest BCUT2D eigenvalue weighted by Gasteiger charge is -2.16. The molecule has 164 valence electrons. The molecule has 0 bridgehead atoms. The first kappa shape index (κ1) is 22.2. The third-order valence-electron chi connectivity index (χ3n) is 5.22. The van der Waals surface area contributed by atoms with Crippen molar-refractivity contribution in [2.75, 3.05) is 0 Å². The maximum Gasteiger partial charge on any atom is 0.339 e. The molecule has 2 saturated carbocycles. The van der Waals surface area contributed by atoms with Gasteiger partial charge in [-0.1, -0.05) is 18.9 Å². The van der Waals surface area contributed by atoms with Crippen LogP contribution in [0.15, 0.2) is 23.1 Å². The van der Waals surface area contributed by atoms with Crippen LogP contribution in [0.5, 0.6) is 0 Å². The van der Waals surface area contributed by atoms with Gasteiger partial charge in [-0.3, -0.25) is 10.1 Å². The summed E-state index contributed by atoms with van der Waals surface area (Å²) in [4.78, 5) is 36.6. The lowest BCUT2D eigenvalue weighted by atomic mass is 10.1. The van der Waals surface area contributed by atoms with Gasteiger partial charge in [-0.15, -0.1) is 0 Å². The van der Waals surface area contributed by atoms with E-state index in [1.165, 1.54) is 25.1 Å². The number of benzene rings is 1. The second kappa shape index (κ2) is 9.13. The smallest absolute Gasteiger partial charge is 0.339 e. The molecule has 2 aliphatic rings. The number of nitrogens with one attached hydrogen (secondary N) is 3. The Bertz CT molecular complexity index is 936. The SMILES string of the molecule is Cc1ccc(S(=O)(=O)NC2CC2)cc1C(=O)OC(C)C(=O)NC(=O)NC1CCCC1. The molecule has 0 aliphatic heterocycles. The molecule has 3 amide bonds. The Labute approximate surface area is 176 Å². The van der Waals surface area contributed by atoms with E-state index in [-0.39, 0.29) is 22.5 Å². The average Bonchev–Trinajstić information content (AvgIpc) is 3.32. The molecule has 1 aromatic carbocycles. The Morgan fingerprint density at radius 2 is 1.73 bits per heavy atom. The highest BCUT2D eigenvalue weighted by atomic mass is 32.2. The van der Waals surface area contributed by atoms with Crippen LogP contribution in [0.2, 0.25) is 0 Å². The molecule has 0 saturated heterocycles. The fourth-order valence-electron chi connectivity index (χ4n) is 3.26. The number of carbonyl (C=O) groups is 3. The van der Waals surface area contributed by atoms with Crippen LogP contribution in [-0.2, 0) is 19.6 Å². The van der Waals surface area contributed by atoms with Gasteiger partial charge in [0.1, 0.15) is 0 Å². The Kier molecular flexibility index (Phi) is 6.77. The molecule has 2 aliphatic carbocycles. The number of imide groups is 1. The fourth-order valence-corrected chi connectivity index (χ4v) is 4.59. The molecule has 1 aromatic rings. The van der Waals surface area contributed by atoms with Crippen LogP contribution < -0.4 is 15.4 Å². The van der Waals surface area contributed by atoms with Gasteiger partial charge in [0.2, 0.25) is 10.0 Å². The Morgan fingerprint density at radius 3 is 2.37 bits per heavy atom. The van der Waals surface area contributed by atoms with E-state index in [1.807, 2.05) is 0 Å². The third-order valence-corrected chi connectivity index (χ3v) is 6.74. The lowest BCUT2D eigenvalue weighted by molar-refractivity contribution is -0.127. The zero-order valence-electron chi connectivity index (χ0n) is 17.1. The molecule has 0 spiro atoms. The quantitative estimate of drug-likeness (QED) is 0.557. The largest absolute Gasteiger partial charge is 0.449 e. The zero-order chi connectivity index (χ0) is 21.9. The summed E-state index contributed by atoms with van der Waals surface area (Å²) in [6.07, 6.45) is 4.19. The van der Waals surface area contributed by atoms with E-state index in [4.69, 9.17) is 4.74 Å². The first-order chi connectivity index (χ1) is 14.2. The van der Waals surface area contributed by atoms with Crippen molar-refractivity contribution < 1.29 is 27.5 Å². The van der Waals surface area contributed by atoms with E-state index in [9.17, 15) is 22.8 Å². The van der Waals surface area contributed by atoms with Gasteiger partial charge < -0.3 is 10.1 Å². The molecule has 1 atom stereocenters. The van der Waals surface area contributed by atoms with Crippen LogP contribution >= 0.6 is 0 Å². The highest BCUT2D eigenvalue weighted by Gasteiger charge is 2.29. The molecule has 1 unspecified atom stereocenters. The van der Waals surface area contributed by atoms with Crippen molar-refractivity contribution in [1.82, 2.24) is 15.4 Å². The van der Waals surface area contributed by atoms with Gasteiger partial charge in [-0.2, -0.15) is 0 Å². The minimum Gasteiger partial charge on any atom is -0.449 e. The summed E-state index contributed by atoms with van der Waals surface area (Å²) in [6.45, 7) is 2.99. The highest BCUT2D eigenvalue weighted by Crippen LogP contribution is 2.23. The second-order valence-corrected chi connectivity index (χ2v) is 9.58. The van der Waals surface area contributed by atoms with Crippen molar-refractivity contribution in [3.63, 3.8) is 0 Å². The second-order valence-electron chi connectivity index (χ2n) is 7.86. The van der Waals surface area contributed by atoms with Gasteiger partial charge in [0, 0.05) is 12.1 Å². The standard InChI is InChI=1S/C20H27N3O6S/c1-12-7-10-16(30(27,28)23-15-8-9-15)11-17(12)19(25)29-13(2)18(24)22-20(26)21-14-5-3-4-6-14/h7,10-11,13-15,23H,3-6,8-9H2,1-2H3,(H2,21,22,24,26). The lowest BCUT2D eigenvalue weighted by Crippen LogP contribution is -2.47. The van der Waals surface area contributed by atoms with Gasteiger partial charge in [-0.05, 0) is 57.2 Å². The van der Waals surface area contributed by atoms with Crippen molar-refractivity contribution in [3.8, 4) is 0 Å². The van der Waals surface area contributed by atoms with Gasteiger partial charge in [-0.25, -0.2) is 22.7 Å². The third kappa shape index (κ3) is 5.79. The predicted molar refractivity (Wildman–Crippen MR) is 108 cm³/mol. The minimum atomic E-state index is -3.73. The van der Waals surface area contributed by atoms with E-state index < -0.39 is 34.0 Å². The molecular weight excluding hydrogens is 410 g/mol. The topological polar surface area (TPSA) is 131 Å². The van der Waals surface area contributed by atoms with Gasteiger partial charge in [0.15, 0.2) is 6.10 Å². The van der Waals surface area contributed by atoms with Crippen LogP contribution in [-0.4, -0.2) is 44.5 Å². The van der Waals surface area contributed by atoms with Crippen molar-refractivity contribution >= 4 is 27.9 Å². The minimum absolute atomic E-state index is 0.0417. The number of esters is 1. The molecule has 2 fully saturated rings. The van der Waals surface area contributed by atoms with E-state index in [2.05, 4.69) is 15.4 Å². The molecular formula is C20H27N3O6S. The molecule has 30 heavy (non-hydrogen) atoms. The summed E-state index contributed by atoms with van der Waals surface area (Å²) < 4.78 is 32.5. The molecule has 10 heteroatoms. The van der Waals surface area contributed by atoms with Crippen LogP contribution in [0.4, 0.5) is 4.79 Å². The number of sulfonamides is 1. The summed E-state index contributed by atoms with van der Waals surface area (Å²) in [7, 11) is -3.73. The van der Waals surface area contributed by atoms with Crippen LogP contribution in [0.1, 0.15) is 61.4 Å².